The van der Waals surface area contributed by atoms with Gasteiger partial charge in [-0.2, -0.15) is 5.10 Å². The number of hydrogen-bond donors (Lipinski definition) is 2. The first-order valence-corrected chi connectivity index (χ1v) is 13.2. The first-order valence-electron chi connectivity index (χ1n) is 13.2. The molecule has 0 saturated heterocycles. The Morgan fingerprint density at radius 2 is 1.79 bits per heavy atom. The van der Waals surface area contributed by atoms with Gasteiger partial charge in [0, 0.05) is 17.7 Å². The Balaban J connectivity index is 1.61. The molecule has 1 amide bonds. The van der Waals surface area contributed by atoms with Crippen LogP contribution in [0.25, 0.3) is 11.3 Å². The molecule has 0 radical (unpaired) electrons. The van der Waals surface area contributed by atoms with Crippen LogP contribution >= 0.6 is 0 Å². The number of nitrogens with one attached hydrogen (secondary N) is 1. The summed E-state index contributed by atoms with van der Waals surface area (Å²) in [6.45, 7) is 11.4. The Morgan fingerprint density at radius 3 is 2.53 bits per heavy atom. The fraction of sp³-hybridized carbons (Fsp3) is 0.312. The Kier molecular flexibility index (Phi) is 6.98. The van der Waals surface area contributed by atoms with Gasteiger partial charge in [0.1, 0.15) is 22.9 Å². The number of ether oxygens (including phenoxy) is 1. The molecule has 1 aliphatic heterocycles. The van der Waals surface area contributed by atoms with Gasteiger partial charge in [0.05, 0.1) is 12.6 Å². The molecule has 0 spiro atoms. The van der Waals surface area contributed by atoms with Crippen molar-refractivity contribution in [3.8, 4) is 22.8 Å². The zero-order chi connectivity index (χ0) is 27.0. The molecule has 4 aromatic rings. The van der Waals surface area contributed by atoms with E-state index in [-0.39, 0.29) is 17.7 Å². The molecule has 3 aromatic carbocycles. The van der Waals surface area contributed by atoms with E-state index in [1.54, 1.807) is 0 Å². The maximum atomic E-state index is 13.8. The SMILES string of the molecule is Cc1ccc(CN2C(=O)c3[nH]nc(-c4cc(C)cc(C)c4O)c3C2c2cccc(OCCC(C)C)c2)cc1. The average Bonchev–Trinajstić information content (AvgIpc) is 3.41. The number of hydrogen-bond acceptors (Lipinski definition) is 4. The maximum Gasteiger partial charge on any atom is 0.273 e. The van der Waals surface area contributed by atoms with Crippen molar-refractivity contribution in [2.24, 2.45) is 5.92 Å². The van der Waals surface area contributed by atoms with Gasteiger partial charge < -0.3 is 14.7 Å². The Hall–Kier alpha value is -4.06. The monoisotopic (exact) mass is 509 g/mol. The minimum absolute atomic E-state index is 0.112. The molecule has 6 heteroatoms. The summed E-state index contributed by atoms with van der Waals surface area (Å²) in [4.78, 5) is 15.7. The number of aromatic hydroxyl groups is 1. The highest BCUT2D eigenvalue weighted by Crippen LogP contribution is 2.46. The van der Waals surface area contributed by atoms with E-state index in [2.05, 4.69) is 55.2 Å². The second-order valence-corrected chi connectivity index (χ2v) is 10.8. The van der Waals surface area contributed by atoms with Gasteiger partial charge >= 0.3 is 0 Å². The van der Waals surface area contributed by atoms with Crippen molar-refractivity contribution in [2.75, 3.05) is 6.61 Å². The number of aryl methyl sites for hydroxylation is 3. The van der Waals surface area contributed by atoms with E-state index in [0.29, 0.717) is 36.0 Å². The second kappa shape index (κ2) is 10.4. The molecule has 1 aliphatic rings. The zero-order valence-corrected chi connectivity index (χ0v) is 22.7. The van der Waals surface area contributed by atoms with Crippen LogP contribution in [-0.4, -0.2) is 32.7 Å². The number of carbonyl (C=O) groups is 1. The summed E-state index contributed by atoms with van der Waals surface area (Å²) in [5, 5.41) is 18.5. The van der Waals surface area contributed by atoms with E-state index < -0.39 is 0 Å². The molecule has 1 aromatic heterocycles. The van der Waals surface area contributed by atoms with Crippen LogP contribution < -0.4 is 4.74 Å². The number of phenolic OH excluding ortho intramolecular Hbond substituents is 1. The van der Waals surface area contributed by atoms with Crippen LogP contribution in [0.15, 0.2) is 60.7 Å². The van der Waals surface area contributed by atoms with Crippen LogP contribution in [-0.2, 0) is 6.54 Å². The summed E-state index contributed by atoms with van der Waals surface area (Å²) in [6, 6.07) is 19.7. The second-order valence-electron chi connectivity index (χ2n) is 10.8. The first-order chi connectivity index (χ1) is 18.2. The molecule has 6 nitrogen and oxygen atoms in total. The van der Waals surface area contributed by atoms with Crippen molar-refractivity contribution >= 4 is 5.91 Å². The average molecular weight is 510 g/mol. The summed E-state index contributed by atoms with van der Waals surface area (Å²) in [5.74, 6) is 1.40. The molecule has 0 aliphatic carbocycles. The van der Waals surface area contributed by atoms with Crippen LogP contribution in [0.2, 0.25) is 0 Å². The minimum atomic E-state index is -0.388. The number of rotatable bonds is 8. The third-order valence-electron chi connectivity index (χ3n) is 7.18. The predicted octanol–water partition coefficient (Wildman–Crippen LogP) is 6.88. The number of benzene rings is 3. The molecule has 0 fully saturated rings. The highest BCUT2D eigenvalue weighted by molar-refractivity contribution is 6.00. The summed E-state index contributed by atoms with van der Waals surface area (Å²) in [6.07, 6.45) is 0.966. The Morgan fingerprint density at radius 1 is 1.03 bits per heavy atom. The van der Waals surface area contributed by atoms with Gasteiger partial charge in [-0.1, -0.05) is 61.9 Å². The lowest BCUT2D eigenvalue weighted by atomic mass is 9.94. The number of amides is 1. The number of phenols is 1. The molecule has 1 atom stereocenters. The quantitative estimate of drug-likeness (QED) is 0.271. The van der Waals surface area contributed by atoms with E-state index >= 15 is 0 Å². The van der Waals surface area contributed by atoms with Gasteiger partial charge in [-0.15, -0.1) is 0 Å². The molecule has 196 valence electrons. The van der Waals surface area contributed by atoms with Gasteiger partial charge in [-0.25, -0.2) is 0 Å². The van der Waals surface area contributed by atoms with Crippen molar-refractivity contribution < 1.29 is 14.6 Å². The van der Waals surface area contributed by atoms with Crippen LogP contribution in [0.1, 0.15) is 70.2 Å². The normalized spacial score (nSPS) is 14.8. The summed E-state index contributed by atoms with van der Waals surface area (Å²) >= 11 is 0. The molecular formula is C32H35N3O3. The summed E-state index contributed by atoms with van der Waals surface area (Å²) < 4.78 is 6.08. The van der Waals surface area contributed by atoms with Crippen molar-refractivity contribution in [1.82, 2.24) is 15.1 Å². The smallest absolute Gasteiger partial charge is 0.273 e. The zero-order valence-electron chi connectivity index (χ0n) is 22.7. The van der Waals surface area contributed by atoms with E-state index in [1.165, 1.54) is 5.56 Å². The lowest BCUT2D eigenvalue weighted by molar-refractivity contribution is 0.0729. The van der Waals surface area contributed by atoms with Gasteiger partial charge in [-0.3, -0.25) is 9.89 Å². The number of aromatic nitrogens is 2. The van der Waals surface area contributed by atoms with Crippen LogP contribution in [0.5, 0.6) is 11.5 Å². The maximum absolute atomic E-state index is 13.8. The number of carbonyl (C=O) groups excluding carboxylic acids is 1. The molecule has 0 saturated carbocycles. The molecule has 2 N–H and O–H groups in total. The molecule has 5 rings (SSSR count). The molecule has 1 unspecified atom stereocenters. The van der Waals surface area contributed by atoms with Gasteiger partial charge in [0.15, 0.2) is 0 Å². The molecule has 0 bridgehead atoms. The van der Waals surface area contributed by atoms with Crippen LogP contribution in [0, 0.1) is 26.7 Å². The standard InChI is InChI=1S/C32H35N3O3/c1-19(2)13-14-38-25-8-6-7-24(17-25)30-27-28(26-16-21(4)15-22(5)31(26)36)33-34-29(27)32(37)35(30)18-23-11-9-20(3)10-12-23/h6-12,15-17,19,30,36H,13-14,18H2,1-5H3,(H,33,34). The van der Waals surface area contributed by atoms with Crippen molar-refractivity contribution in [3.05, 3.63) is 99.7 Å². The van der Waals surface area contributed by atoms with Gasteiger partial charge in [0.2, 0.25) is 0 Å². The van der Waals surface area contributed by atoms with Crippen molar-refractivity contribution in [2.45, 2.75) is 53.6 Å². The Bertz CT molecular complexity index is 1470. The van der Waals surface area contributed by atoms with E-state index in [1.807, 2.05) is 55.1 Å². The molecular weight excluding hydrogens is 474 g/mol. The van der Waals surface area contributed by atoms with E-state index in [9.17, 15) is 9.90 Å². The number of nitrogens with zero attached hydrogens (tertiary/aromatic N) is 2. The van der Waals surface area contributed by atoms with E-state index in [0.717, 1.165) is 40.0 Å². The summed E-state index contributed by atoms with van der Waals surface area (Å²) in [5.41, 5.74) is 7.42. The fourth-order valence-electron chi connectivity index (χ4n) is 5.13. The minimum Gasteiger partial charge on any atom is -0.507 e. The van der Waals surface area contributed by atoms with Gasteiger partial charge in [-0.05, 0) is 73.6 Å². The van der Waals surface area contributed by atoms with E-state index in [4.69, 9.17) is 4.74 Å². The summed E-state index contributed by atoms with van der Waals surface area (Å²) in [7, 11) is 0. The third kappa shape index (κ3) is 4.91. The highest BCUT2D eigenvalue weighted by Gasteiger charge is 2.42. The number of fused-ring (bicyclic) bond motifs is 1. The molecule has 2 heterocycles. The lowest BCUT2D eigenvalue weighted by Crippen LogP contribution is -2.29. The van der Waals surface area contributed by atoms with Crippen LogP contribution in [0.4, 0.5) is 0 Å². The van der Waals surface area contributed by atoms with Crippen LogP contribution in [0.3, 0.4) is 0 Å². The Labute approximate surface area is 224 Å². The number of H-pyrrole nitrogens is 1. The largest absolute Gasteiger partial charge is 0.507 e. The lowest BCUT2D eigenvalue weighted by Gasteiger charge is -2.27. The fourth-order valence-corrected chi connectivity index (χ4v) is 5.13. The third-order valence-corrected chi connectivity index (χ3v) is 7.18. The topological polar surface area (TPSA) is 78.5 Å². The first kappa shape index (κ1) is 25.6. The van der Waals surface area contributed by atoms with Crippen molar-refractivity contribution in [1.29, 1.82) is 0 Å². The predicted molar refractivity (Wildman–Crippen MR) is 149 cm³/mol. The molecule has 38 heavy (non-hydrogen) atoms. The number of aromatic amines is 1. The van der Waals surface area contributed by atoms with Crippen molar-refractivity contribution in [3.63, 3.8) is 0 Å². The highest BCUT2D eigenvalue weighted by atomic mass is 16.5. The van der Waals surface area contributed by atoms with Gasteiger partial charge in [0.25, 0.3) is 5.91 Å².